The Hall–Kier alpha value is -0.680. The quantitative estimate of drug-likeness (QED) is 0.663. The lowest BCUT2D eigenvalue weighted by Gasteiger charge is -2.24. The van der Waals surface area contributed by atoms with Crippen molar-refractivity contribution in [1.29, 1.82) is 0 Å². The molecule has 102 valence electrons. The number of thiophene rings is 1. The van der Waals surface area contributed by atoms with E-state index >= 15 is 0 Å². The third-order valence-electron chi connectivity index (χ3n) is 2.74. The van der Waals surface area contributed by atoms with E-state index in [4.69, 9.17) is 4.74 Å². The zero-order chi connectivity index (χ0) is 13.2. The van der Waals surface area contributed by atoms with E-state index in [1.807, 2.05) is 6.08 Å². The van der Waals surface area contributed by atoms with Crippen LogP contribution in [0.5, 0.6) is 0 Å². The first-order valence-electron chi connectivity index (χ1n) is 6.29. The van der Waals surface area contributed by atoms with Gasteiger partial charge in [0.15, 0.2) is 0 Å². The van der Waals surface area contributed by atoms with Crippen LogP contribution in [0.15, 0.2) is 30.2 Å². The van der Waals surface area contributed by atoms with E-state index < -0.39 is 0 Å². The fraction of sp³-hybridized carbons (Fsp3) is 0.571. The Kier molecular flexibility index (Phi) is 7.93. The lowest BCUT2D eigenvalue weighted by atomic mass is 10.2. The highest BCUT2D eigenvalue weighted by molar-refractivity contribution is 7.09. The number of aliphatic hydroxyl groups is 1. The minimum atomic E-state index is -0.292. The zero-order valence-corrected chi connectivity index (χ0v) is 11.9. The molecule has 0 saturated carbocycles. The van der Waals surface area contributed by atoms with E-state index in [1.165, 1.54) is 4.88 Å². The molecule has 3 nitrogen and oxygen atoms in total. The average Bonchev–Trinajstić information content (AvgIpc) is 2.86. The average molecular weight is 269 g/mol. The molecule has 1 aromatic heterocycles. The summed E-state index contributed by atoms with van der Waals surface area (Å²) in [5.41, 5.74) is 0. The van der Waals surface area contributed by atoms with E-state index in [2.05, 4.69) is 29.0 Å². The van der Waals surface area contributed by atoms with Crippen molar-refractivity contribution in [3.63, 3.8) is 0 Å². The van der Waals surface area contributed by atoms with Gasteiger partial charge in [0.1, 0.15) is 0 Å². The van der Waals surface area contributed by atoms with Gasteiger partial charge in [0.05, 0.1) is 12.7 Å². The molecule has 1 aromatic rings. The normalized spacial score (nSPS) is 12.8. The summed E-state index contributed by atoms with van der Waals surface area (Å²) in [7, 11) is 1.71. The van der Waals surface area contributed by atoms with Crippen LogP contribution >= 0.6 is 11.3 Å². The highest BCUT2D eigenvalue weighted by atomic mass is 32.1. The Balaban J connectivity index is 2.41. The van der Waals surface area contributed by atoms with Crippen molar-refractivity contribution in [3.8, 4) is 0 Å². The Morgan fingerprint density at radius 3 is 3.06 bits per heavy atom. The number of ether oxygens (including phenoxy) is 1. The van der Waals surface area contributed by atoms with E-state index in [1.54, 1.807) is 18.4 Å². The van der Waals surface area contributed by atoms with Crippen LogP contribution in [0, 0.1) is 0 Å². The van der Waals surface area contributed by atoms with Crippen LogP contribution in [0.3, 0.4) is 0 Å². The number of hydrogen-bond acceptors (Lipinski definition) is 4. The molecule has 0 aromatic carbocycles. The molecule has 4 heteroatoms. The molecule has 0 fully saturated rings. The number of aliphatic hydroxyl groups excluding tert-OH is 1. The van der Waals surface area contributed by atoms with Gasteiger partial charge in [-0.3, -0.25) is 4.90 Å². The summed E-state index contributed by atoms with van der Waals surface area (Å²) in [6.07, 6.45) is 3.19. The molecule has 0 aliphatic heterocycles. The third kappa shape index (κ3) is 6.31. The Bertz CT molecular complexity index is 314. The number of rotatable bonds is 10. The number of methoxy groups -OCH3 is 1. The monoisotopic (exact) mass is 269 g/mol. The minimum Gasteiger partial charge on any atom is -0.392 e. The summed E-state index contributed by atoms with van der Waals surface area (Å²) in [4.78, 5) is 3.56. The summed E-state index contributed by atoms with van der Waals surface area (Å²) in [6, 6.07) is 4.18. The van der Waals surface area contributed by atoms with Crippen molar-refractivity contribution in [1.82, 2.24) is 4.90 Å². The smallest absolute Gasteiger partial charge is 0.0670 e. The van der Waals surface area contributed by atoms with Crippen molar-refractivity contribution in [2.75, 3.05) is 26.8 Å². The first-order chi connectivity index (χ1) is 8.76. The maximum absolute atomic E-state index is 9.95. The van der Waals surface area contributed by atoms with Gasteiger partial charge in [0, 0.05) is 31.6 Å². The fourth-order valence-electron chi connectivity index (χ4n) is 1.78. The molecule has 1 heterocycles. The molecule has 0 radical (unpaired) electrons. The highest BCUT2D eigenvalue weighted by Gasteiger charge is 2.12. The van der Waals surface area contributed by atoms with Crippen molar-refractivity contribution in [2.45, 2.75) is 25.5 Å². The van der Waals surface area contributed by atoms with Crippen molar-refractivity contribution >= 4 is 11.3 Å². The first-order valence-corrected chi connectivity index (χ1v) is 7.17. The van der Waals surface area contributed by atoms with E-state index in [0.29, 0.717) is 13.2 Å². The molecule has 0 bridgehead atoms. The molecule has 0 aliphatic rings. The van der Waals surface area contributed by atoms with Crippen LogP contribution in [0.25, 0.3) is 0 Å². The van der Waals surface area contributed by atoms with Gasteiger partial charge < -0.3 is 9.84 Å². The third-order valence-corrected chi connectivity index (χ3v) is 3.61. The lowest BCUT2D eigenvalue weighted by Crippen LogP contribution is -2.34. The predicted molar refractivity (Wildman–Crippen MR) is 76.9 cm³/mol. The van der Waals surface area contributed by atoms with Gasteiger partial charge >= 0.3 is 0 Å². The van der Waals surface area contributed by atoms with E-state index in [0.717, 1.165) is 25.9 Å². The van der Waals surface area contributed by atoms with Crippen LogP contribution in [-0.4, -0.2) is 42.9 Å². The Labute approximate surface area is 114 Å². The molecule has 18 heavy (non-hydrogen) atoms. The molecule has 0 unspecified atom stereocenters. The van der Waals surface area contributed by atoms with Gasteiger partial charge in [-0.05, 0) is 24.3 Å². The van der Waals surface area contributed by atoms with Crippen LogP contribution in [0.4, 0.5) is 0 Å². The first kappa shape index (κ1) is 15.4. The van der Waals surface area contributed by atoms with Gasteiger partial charge in [-0.25, -0.2) is 0 Å². The maximum Gasteiger partial charge on any atom is 0.0670 e. The van der Waals surface area contributed by atoms with Crippen molar-refractivity contribution < 1.29 is 9.84 Å². The number of nitrogens with zero attached hydrogens (tertiary/aromatic N) is 1. The molecule has 0 saturated heterocycles. The lowest BCUT2D eigenvalue weighted by molar-refractivity contribution is 0.0814. The summed E-state index contributed by atoms with van der Waals surface area (Å²) in [5.74, 6) is 0. The second kappa shape index (κ2) is 9.28. The van der Waals surface area contributed by atoms with Gasteiger partial charge in [0.25, 0.3) is 0 Å². The van der Waals surface area contributed by atoms with Crippen LogP contribution in [0.2, 0.25) is 0 Å². The molecular formula is C14H23NO2S. The van der Waals surface area contributed by atoms with Crippen molar-refractivity contribution in [3.05, 3.63) is 35.0 Å². The minimum absolute atomic E-state index is 0.292. The van der Waals surface area contributed by atoms with Gasteiger partial charge in [-0.15, -0.1) is 17.9 Å². The topological polar surface area (TPSA) is 32.7 Å². The standard InChI is InChI=1S/C14H23NO2S/c1-3-4-6-13(16)11-15(8-9-17-2)12-14-7-5-10-18-14/h3,5,7,10,13,16H,1,4,6,8-9,11-12H2,2H3/t13-/m1/s1. The number of hydrogen-bond donors (Lipinski definition) is 1. The summed E-state index contributed by atoms with van der Waals surface area (Å²) >= 11 is 1.75. The van der Waals surface area contributed by atoms with Crippen LogP contribution < -0.4 is 0 Å². The SMILES string of the molecule is C=CCC[C@@H](O)CN(CCOC)Cc1cccs1. The Morgan fingerprint density at radius 2 is 2.44 bits per heavy atom. The zero-order valence-electron chi connectivity index (χ0n) is 11.0. The second-order valence-corrected chi connectivity index (χ2v) is 5.36. The Morgan fingerprint density at radius 1 is 1.61 bits per heavy atom. The molecule has 1 rings (SSSR count). The van der Waals surface area contributed by atoms with E-state index in [-0.39, 0.29) is 6.10 Å². The molecular weight excluding hydrogens is 246 g/mol. The molecule has 1 atom stereocenters. The summed E-state index contributed by atoms with van der Waals surface area (Å²) < 4.78 is 5.12. The van der Waals surface area contributed by atoms with Gasteiger partial charge in [-0.1, -0.05) is 12.1 Å². The predicted octanol–water partition coefficient (Wildman–Crippen LogP) is 2.52. The van der Waals surface area contributed by atoms with Gasteiger partial charge in [0.2, 0.25) is 0 Å². The van der Waals surface area contributed by atoms with Crippen LogP contribution in [0.1, 0.15) is 17.7 Å². The molecule has 1 N–H and O–H groups in total. The van der Waals surface area contributed by atoms with Crippen LogP contribution in [-0.2, 0) is 11.3 Å². The van der Waals surface area contributed by atoms with Gasteiger partial charge in [-0.2, -0.15) is 0 Å². The second-order valence-electron chi connectivity index (χ2n) is 4.33. The summed E-state index contributed by atoms with van der Waals surface area (Å²) in [6.45, 7) is 6.79. The largest absolute Gasteiger partial charge is 0.392 e. The molecule has 0 aliphatic carbocycles. The fourth-order valence-corrected chi connectivity index (χ4v) is 2.52. The number of allylic oxidation sites excluding steroid dienone is 1. The maximum atomic E-state index is 9.95. The van der Waals surface area contributed by atoms with E-state index in [9.17, 15) is 5.11 Å². The summed E-state index contributed by atoms with van der Waals surface area (Å²) in [5, 5.41) is 12.0. The highest BCUT2D eigenvalue weighted by Crippen LogP contribution is 2.12. The van der Waals surface area contributed by atoms with Crippen molar-refractivity contribution in [2.24, 2.45) is 0 Å². The molecule has 0 amide bonds. The molecule has 0 spiro atoms.